The Hall–Kier alpha value is -0.0800. The van der Waals surface area contributed by atoms with Gasteiger partial charge in [-0.1, -0.05) is 33.6 Å². The Labute approximate surface area is 94.8 Å². The molecule has 0 aromatic rings. The van der Waals surface area contributed by atoms with E-state index in [2.05, 4.69) is 26.1 Å². The molecule has 2 nitrogen and oxygen atoms in total. The van der Waals surface area contributed by atoms with Gasteiger partial charge in [-0.15, -0.1) is 0 Å². The molecule has 1 fully saturated rings. The van der Waals surface area contributed by atoms with Gasteiger partial charge >= 0.3 is 0 Å². The van der Waals surface area contributed by atoms with Gasteiger partial charge in [0.25, 0.3) is 0 Å². The van der Waals surface area contributed by atoms with Crippen molar-refractivity contribution in [3.63, 3.8) is 0 Å². The zero-order chi connectivity index (χ0) is 11.1. The van der Waals surface area contributed by atoms with Crippen LogP contribution in [0.25, 0.3) is 0 Å². The number of nitrogens with one attached hydrogen (secondary N) is 1. The highest BCUT2D eigenvalue weighted by Gasteiger charge is 2.19. The van der Waals surface area contributed by atoms with E-state index in [1.165, 1.54) is 25.7 Å². The van der Waals surface area contributed by atoms with Crippen LogP contribution >= 0.6 is 0 Å². The number of hydrogen-bond donors (Lipinski definition) is 1. The molecule has 1 aliphatic rings. The molecule has 0 heterocycles. The monoisotopic (exact) mass is 213 g/mol. The van der Waals surface area contributed by atoms with Crippen molar-refractivity contribution in [2.45, 2.75) is 52.5 Å². The minimum absolute atomic E-state index is 0.651. The Kier molecular flexibility index (Phi) is 6.26. The van der Waals surface area contributed by atoms with Gasteiger partial charge in [-0.2, -0.15) is 0 Å². The SMILES string of the molecule is CC(C)COCCNC1CCCCC1C. The lowest BCUT2D eigenvalue weighted by atomic mass is 9.86. The van der Waals surface area contributed by atoms with Gasteiger partial charge in [0.1, 0.15) is 0 Å². The Morgan fingerprint density at radius 2 is 2.00 bits per heavy atom. The lowest BCUT2D eigenvalue weighted by Gasteiger charge is -2.29. The lowest BCUT2D eigenvalue weighted by Crippen LogP contribution is -2.39. The van der Waals surface area contributed by atoms with Crippen LogP contribution in [0.15, 0.2) is 0 Å². The summed E-state index contributed by atoms with van der Waals surface area (Å²) >= 11 is 0. The van der Waals surface area contributed by atoms with Crippen LogP contribution in [-0.2, 0) is 4.74 Å². The molecule has 0 saturated heterocycles. The molecule has 0 radical (unpaired) electrons. The average molecular weight is 213 g/mol. The first-order valence-electron chi connectivity index (χ1n) is 6.51. The van der Waals surface area contributed by atoms with Crippen LogP contribution in [0.5, 0.6) is 0 Å². The molecule has 0 aromatic carbocycles. The first-order valence-corrected chi connectivity index (χ1v) is 6.51. The molecule has 1 N–H and O–H groups in total. The third kappa shape index (κ3) is 5.53. The maximum atomic E-state index is 5.56. The second-order valence-electron chi connectivity index (χ2n) is 5.29. The Balaban J connectivity index is 1.99. The van der Waals surface area contributed by atoms with Crippen molar-refractivity contribution in [3.05, 3.63) is 0 Å². The molecule has 1 saturated carbocycles. The highest BCUT2D eigenvalue weighted by atomic mass is 16.5. The van der Waals surface area contributed by atoms with E-state index in [4.69, 9.17) is 4.74 Å². The molecule has 1 rings (SSSR count). The smallest absolute Gasteiger partial charge is 0.0591 e. The predicted octanol–water partition coefficient (Wildman–Crippen LogP) is 2.83. The fourth-order valence-corrected chi connectivity index (χ4v) is 2.26. The van der Waals surface area contributed by atoms with Crippen molar-refractivity contribution in [1.82, 2.24) is 5.32 Å². The van der Waals surface area contributed by atoms with E-state index in [9.17, 15) is 0 Å². The van der Waals surface area contributed by atoms with Crippen molar-refractivity contribution >= 4 is 0 Å². The topological polar surface area (TPSA) is 21.3 Å². The molecule has 1 aliphatic carbocycles. The largest absolute Gasteiger partial charge is 0.380 e. The summed E-state index contributed by atoms with van der Waals surface area (Å²) in [6.07, 6.45) is 5.56. The molecule has 0 aliphatic heterocycles. The molecular formula is C13H27NO. The molecule has 90 valence electrons. The van der Waals surface area contributed by atoms with Crippen LogP contribution in [0.4, 0.5) is 0 Å². The zero-order valence-corrected chi connectivity index (χ0v) is 10.6. The van der Waals surface area contributed by atoms with Crippen molar-refractivity contribution < 1.29 is 4.74 Å². The van der Waals surface area contributed by atoms with E-state index in [0.29, 0.717) is 5.92 Å². The van der Waals surface area contributed by atoms with Crippen molar-refractivity contribution in [3.8, 4) is 0 Å². The Morgan fingerprint density at radius 1 is 1.27 bits per heavy atom. The fraction of sp³-hybridized carbons (Fsp3) is 1.00. The van der Waals surface area contributed by atoms with Gasteiger partial charge < -0.3 is 10.1 Å². The zero-order valence-electron chi connectivity index (χ0n) is 10.6. The van der Waals surface area contributed by atoms with Crippen LogP contribution < -0.4 is 5.32 Å². The number of rotatable bonds is 6. The molecule has 2 heteroatoms. The maximum absolute atomic E-state index is 5.56. The standard InChI is InChI=1S/C13H27NO/c1-11(2)10-15-9-8-14-13-7-5-4-6-12(13)3/h11-14H,4-10H2,1-3H3. The van der Waals surface area contributed by atoms with Gasteiger partial charge in [-0.3, -0.25) is 0 Å². The van der Waals surface area contributed by atoms with E-state index >= 15 is 0 Å². The summed E-state index contributed by atoms with van der Waals surface area (Å²) < 4.78 is 5.56. The summed E-state index contributed by atoms with van der Waals surface area (Å²) in [5.74, 6) is 1.50. The summed E-state index contributed by atoms with van der Waals surface area (Å²) in [5, 5.41) is 3.62. The van der Waals surface area contributed by atoms with Crippen molar-refractivity contribution in [2.75, 3.05) is 19.8 Å². The third-order valence-corrected chi connectivity index (χ3v) is 3.22. The van der Waals surface area contributed by atoms with Crippen LogP contribution in [0.2, 0.25) is 0 Å². The van der Waals surface area contributed by atoms with Crippen LogP contribution in [0, 0.1) is 11.8 Å². The maximum Gasteiger partial charge on any atom is 0.0591 e. The van der Waals surface area contributed by atoms with E-state index < -0.39 is 0 Å². The van der Waals surface area contributed by atoms with Gasteiger partial charge in [-0.05, 0) is 24.7 Å². The summed E-state index contributed by atoms with van der Waals surface area (Å²) in [7, 11) is 0. The highest BCUT2D eigenvalue weighted by Crippen LogP contribution is 2.23. The van der Waals surface area contributed by atoms with E-state index in [1.54, 1.807) is 0 Å². The summed E-state index contributed by atoms with van der Waals surface area (Å²) in [6.45, 7) is 9.52. The second kappa shape index (κ2) is 7.24. The van der Waals surface area contributed by atoms with Crippen LogP contribution in [-0.4, -0.2) is 25.8 Å². The molecule has 0 amide bonds. The van der Waals surface area contributed by atoms with Crippen LogP contribution in [0.3, 0.4) is 0 Å². The minimum atomic E-state index is 0.651. The fourth-order valence-electron chi connectivity index (χ4n) is 2.26. The van der Waals surface area contributed by atoms with Crippen molar-refractivity contribution in [2.24, 2.45) is 11.8 Å². The van der Waals surface area contributed by atoms with E-state index in [0.717, 1.165) is 31.7 Å². The first kappa shape index (κ1) is 13.0. The lowest BCUT2D eigenvalue weighted by molar-refractivity contribution is 0.106. The molecule has 0 bridgehead atoms. The van der Waals surface area contributed by atoms with E-state index in [-0.39, 0.29) is 0 Å². The minimum Gasteiger partial charge on any atom is -0.380 e. The highest BCUT2D eigenvalue weighted by molar-refractivity contribution is 4.77. The average Bonchev–Trinajstić information content (AvgIpc) is 2.20. The van der Waals surface area contributed by atoms with Gasteiger partial charge in [0.15, 0.2) is 0 Å². The summed E-state index contributed by atoms with van der Waals surface area (Å²) in [5.41, 5.74) is 0. The van der Waals surface area contributed by atoms with Gasteiger partial charge in [-0.25, -0.2) is 0 Å². The Morgan fingerprint density at radius 3 is 2.67 bits per heavy atom. The predicted molar refractivity (Wildman–Crippen MR) is 65.1 cm³/mol. The van der Waals surface area contributed by atoms with Crippen LogP contribution in [0.1, 0.15) is 46.5 Å². The summed E-state index contributed by atoms with van der Waals surface area (Å²) in [6, 6.07) is 0.737. The number of ether oxygens (including phenoxy) is 1. The number of hydrogen-bond acceptors (Lipinski definition) is 2. The Bertz CT molecular complexity index is 159. The molecule has 2 unspecified atom stereocenters. The van der Waals surface area contributed by atoms with Gasteiger partial charge in [0, 0.05) is 19.2 Å². The molecular weight excluding hydrogens is 186 g/mol. The van der Waals surface area contributed by atoms with E-state index in [1.807, 2.05) is 0 Å². The van der Waals surface area contributed by atoms with Gasteiger partial charge in [0.05, 0.1) is 6.61 Å². The third-order valence-electron chi connectivity index (χ3n) is 3.22. The molecule has 0 spiro atoms. The molecule has 15 heavy (non-hydrogen) atoms. The second-order valence-corrected chi connectivity index (χ2v) is 5.29. The van der Waals surface area contributed by atoms with Crippen molar-refractivity contribution in [1.29, 1.82) is 0 Å². The molecule has 2 atom stereocenters. The van der Waals surface area contributed by atoms with Gasteiger partial charge in [0.2, 0.25) is 0 Å². The first-order chi connectivity index (χ1) is 7.20. The molecule has 0 aromatic heterocycles. The quantitative estimate of drug-likeness (QED) is 0.685. The normalized spacial score (nSPS) is 27.2. The summed E-state index contributed by atoms with van der Waals surface area (Å²) in [4.78, 5) is 0.